The zero-order valence-electron chi connectivity index (χ0n) is 12.9. The second-order valence-electron chi connectivity index (χ2n) is 6.22. The van der Waals surface area contributed by atoms with Crippen LogP contribution in [0.4, 0.5) is 10.9 Å². The molecule has 1 aliphatic rings. The number of hydrogen-bond donors (Lipinski definition) is 3. The summed E-state index contributed by atoms with van der Waals surface area (Å²) >= 11 is 1.34. The number of rotatable bonds is 6. The van der Waals surface area contributed by atoms with Crippen LogP contribution in [0.5, 0.6) is 0 Å². The van der Waals surface area contributed by atoms with Crippen LogP contribution in [0.3, 0.4) is 0 Å². The van der Waals surface area contributed by atoms with E-state index in [4.69, 9.17) is 5.73 Å². The number of carbonyl (C=O) groups is 1. The first-order chi connectivity index (χ1) is 10.1. The van der Waals surface area contributed by atoms with Gasteiger partial charge in [0.15, 0.2) is 5.13 Å². The van der Waals surface area contributed by atoms with Gasteiger partial charge in [0.05, 0.1) is 0 Å². The minimum absolute atomic E-state index is 0.0897. The predicted octanol–water partition coefficient (Wildman–Crippen LogP) is 3.10. The van der Waals surface area contributed by atoms with Crippen LogP contribution in [0.25, 0.3) is 0 Å². The molecule has 1 saturated carbocycles. The molecule has 0 unspecified atom stereocenters. The minimum atomic E-state index is -0.0897. The lowest BCUT2D eigenvalue weighted by molar-refractivity contribution is 0.0948. The van der Waals surface area contributed by atoms with Crippen molar-refractivity contribution >= 4 is 28.2 Å². The smallest absolute Gasteiger partial charge is 0.265 e. The Balaban J connectivity index is 1.86. The summed E-state index contributed by atoms with van der Waals surface area (Å²) in [5.74, 6) is 1.38. The highest BCUT2D eigenvalue weighted by atomic mass is 32.1. The quantitative estimate of drug-likeness (QED) is 0.754. The average molecular weight is 310 g/mol. The lowest BCUT2D eigenvalue weighted by Crippen LogP contribution is -2.30. The number of carbonyl (C=O) groups excluding carboxylic acids is 1. The summed E-state index contributed by atoms with van der Waals surface area (Å²) in [6.07, 6.45) is 6.34. The van der Waals surface area contributed by atoms with Gasteiger partial charge in [-0.2, -0.15) is 0 Å². The van der Waals surface area contributed by atoms with Crippen LogP contribution >= 0.6 is 11.3 Å². The normalized spacial score (nSPS) is 16.1. The Morgan fingerprint density at radius 3 is 2.76 bits per heavy atom. The number of amides is 1. The van der Waals surface area contributed by atoms with Crippen LogP contribution in [0.2, 0.25) is 0 Å². The van der Waals surface area contributed by atoms with E-state index in [0.29, 0.717) is 22.5 Å². The summed E-state index contributed by atoms with van der Waals surface area (Å²) < 4.78 is 0. The van der Waals surface area contributed by atoms with Gasteiger partial charge in [0.25, 0.3) is 5.91 Å². The highest BCUT2D eigenvalue weighted by molar-refractivity contribution is 7.18. The third-order valence-electron chi connectivity index (χ3n) is 3.80. The molecule has 1 amide bonds. The minimum Gasteiger partial charge on any atom is -0.382 e. The number of nitrogens with zero attached hydrogens (tertiary/aromatic N) is 1. The van der Waals surface area contributed by atoms with Crippen molar-refractivity contribution < 1.29 is 4.79 Å². The lowest BCUT2D eigenvalue weighted by atomic mass is 9.89. The first-order valence-electron chi connectivity index (χ1n) is 7.84. The molecule has 118 valence electrons. The van der Waals surface area contributed by atoms with Gasteiger partial charge in [-0.15, -0.1) is 0 Å². The number of hydrogen-bond acceptors (Lipinski definition) is 5. The summed E-state index contributed by atoms with van der Waals surface area (Å²) in [6, 6.07) is 0. The summed E-state index contributed by atoms with van der Waals surface area (Å²) in [5, 5.41) is 6.95. The van der Waals surface area contributed by atoms with E-state index in [-0.39, 0.29) is 5.91 Å². The van der Waals surface area contributed by atoms with Crippen molar-refractivity contribution in [3.05, 3.63) is 4.88 Å². The molecule has 1 aromatic heterocycles. The first kappa shape index (κ1) is 16.1. The Morgan fingerprint density at radius 1 is 1.38 bits per heavy atom. The summed E-state index contributed by atoms with van der Waals surface area (Å²) in [4.78, 5) is 17.0. The molecule has 1 aromatic rings. The van der Waals surface area contributed by atoms with Gasteiger partial charge >= 0.3 is 0 Å². The number of nitrogen functional groups attached to an aromatic ring is 1. The maximum atomic E-state index is 12.2. The van der Waals surface area contributed by atoms with Crippen molar-refractivity contribution in [2.75, 3.05) is 24.1 Å². The fraction of sp³-hybridized carbons (Fsp3) is 0.733. The number of anilines is 2. The molecular formula is C15H26N4OS. The Kier molecular flexibility index (Phi) is 5.85. The molecule has 6 heteroatoms. The van der Waals surface area contributed by atoms with Crippen LogP contribution in [-0.4, -0.2) is 24.0 Å². The lowest BCUT2D eigenvalue weighted by Gasteiger charge is -2.21. The Labute approximate surface area is 130 Å². The molecule has 1 fully saturated rings. The van der Waals surface area contributed by atoms with Crippen molar-refractivity contribution in [3.63, 3.8) is 0 Å². The van der Waals surface area contributed by atoms with E-state index in [1.807, 2.05) is 0 Å². The van der Waals surface area contributed by atoms with Crippen LogP contribution in [0.15, 0.2) is 0 Å². The molecule has 0 bridgehead atoms. The maximum Gasteiger partial charge on any atom is 0.265 e. The molecule has 5 nitrogen and oxygen atoms in total. The maximum absolute atomic E-state index is 12.2. The number of nitrogens with one attached hydrogen (secondary N) is 2. The fourth-order valence-electron chi connectivity index (χ4n) is 2.57. The predicted molar refractivity (Wildman–Crippen MR) is 88.8 cm³/mol. The second-order valence-corrected chi connectivity index (χ2v) is 7.22. The van der Waals surface area contributed by atoms with Gasteiger partial charge in [-0.3, -0.25) is 4.79 Å². The van der Waals surface area contributed by atoms with E-state index in [2.05, 4.69) is 29.5 Å². The molecular weight excluding hydrogens is 284 g/mol. The van der Waals surface area contributed by atoms with E-state index in [9.17, 15) is 4.79 Å². The molecule has 21 heavy (non-hydrogen) atoms. The molecule has 0 aliphatic heterocycles. The van der Waals surface area contributed by atoms with Gasteiger partial charge in [-0.25, -0.2) is 4.98 Å². The molecule has 0 radical (unpaired) electrons. The van der Waals surface area contributed by atoms with Crippen molar-refractivity contribution in [2.24, 2.45) is 11.8 Å². The van der Waals surface area contributed by atoms with Gasteiger partial charge < -0.3 is 16.4 Å². The number of thiazole rings is 1. The highest BCUT2D eigenvalue weighted by Gasteiger charge is 2.19. The van der Waals surface area contributed by atoms with Crippen molar-refractivity contribution in [2.45, 2.75) is 46.0 Å². The van der Waals surface area contributed by atoms with Crippen molar-refractivity contribution in [3.8, 4) is 0 Å². The fourth-order valence-corrected chi connectivity index (χ4v) is 3.38. The van der Waals surface area contributed by atoms with Gasteiger partial charge in [0.1, 0.15) is 10.7 Å². The van der Waals surface area contributed by atoms with Crippen molar-refractivity contribution in [1.29, 1.82) is 0 Å². The monoisotopic (exact) mass is 310 g/mol. The van der Waals surface area contributed by atoms with Gasteiger partial charge in [-0.1, -0.05) is 44.4 Å². The Hall–Kier alpha value is -1.30. The largest absolute Gasteiger partial charge is 0.382 e. The topological polar surface area (TPSA) is 80.0 Å². The van der Waals surface area contributed by atoms with Crippen LogP contribution in [-0.2, 0) is 0 Å². The average Bonchev–Trinajstić information content (AvgIpc) is 2.85. The van der Waals surface area contributed by atoms with Crippen LogP contribution in [0, 0.1) is 11.8 Å². The van der Waals surface area contributed by atoms with Gasteiger partial charge in [0, 0.05) is 13.1 Å². The molecule has 1 aliphatic carbocycles. The number of nitrogens with two attached hydrogens (primary N) is 1. The van der Waals surface area contributed by atoms with Crippen LogP contribution in [0.1, 0.15) is 55.6 Å². The molecule has 1 heterocycles. The summed E-state index contributed by atoms with van der Waals surface area (Å²) in [7, 11) is 0. The first-order valence-corrected chi connectivity index (χ1v) is 8.66. The Bertz CT molecular complexity index is 466. The van der Waals surface area contributed by atoms with Gasteiger partial charge in [-0.05, 0) is 24.7 Å². The molecule has 2 rings (SSSR count). The van der Waals surface area contributed by atoms with E-state index < -0.39 is 0 Å². The summed E-state index contributed by atoms with van der Waals surface area (Å²) in [6.45, 7) is 5.84. The standard InChI is InChI=1S/C15H26N4OS/c1-10(2)8-18-15-19-13(16)12(21-15)14(20)17-9-11-6-4-3-5-7-11/h10-11H,3-9,16H2,1-2H3,(H,17,20)(H,18,19). The zero-order valence-corrected chi connectivity index (χ0v) is 13.8. The van der Waals surface area contributed by atoms with Gasteiger partial charge in [0.2, 0.25) is 0 Å². The van der Waals surface area contributed by atoms with E-state index >= 15 is 0 Å². The van der Waals surface area contributed by atoms with E-state index in [1.54, 1.807) is 0 Å². The third-order valence-corrected chi connectivity index (χ3v) is 4.82. The molecule has 0 spiro atoms. The SMILES string of the molecule is CC(C)CNc1nc(N)c(C(=O)NCC2CCCCC2)s1. The molecule has 0 saturated heterocycles. The molecule has 0 aromatic carbocycles. The molecule has 4 N–H and O–H groups in total. The number of aromatic nitrogens is 1. The Morgan fingerprint density at radius 2 is 2.10 bits per heavy atom. The third kappa shape index (κ3) is 4.88. The van der Waals surface area contributed by atoms with Crippen molar-refractivity contribution in [1.82, 2.24) is 10.3 Å². The second kappa shape index (κ2) is 7.64. The molecule has 0 atom stereocenters. The van der Waals surface area contributed by atoms with Crippen LogP contribution < -0.4 is 16.4 Å². The van der Waals surface area contributed by atoms with E-state index in [0.717, 1.165) is 18.2 Å². The summed E-state index contributed by atoms with van der Waals surface area (Å²) in [5.41, 5.74) is 5.86. The zero-order chi connectivity index (χ0) is 15.2. The highest BCUT2D eigenvalue weighted by Crippen LogP contribution is 2.26. The van der Waals surface area contributed by atoms with E-state index in [1.165, 1.54) is 43.4 Å².